The molecule has 1 fully saturated rings. The third kappa shape index (κ3) is 6.66. The lowest BCUT2D eigenvalue weighted by molar-refractivity contribution is -0.135. The van der Waals surface area contributed by atoms with E-state index in [0.29, 0.717) is 48.1 Å². The molecular weight excluding hydrogens is 627 g/mol. The summed E-state index contributed by atoms with van der Waals surface area (Å²) >= 11 is 12.1. The molecule has 228 valence electrons. The zero-order valence-corrected chi connectivity index (χ0v) is 25.6. The molecule has 0 aromatic heterocycles. The number of benzene rings is 4. The Balaban J connectivity index is 1.47. The number of aliphatic carboxylic acids is 1. The molecule has 5 rings (SSSR count). The highest BCUT2D eigenvalue weighted by molar-refractivity contribution is 7.93. The number of nitrogens with one attached hydrogen (secondary N) is 2. The van der Waals surface area contributed by atoms with Crippen molar-refractivity contribution in [3.63, 3.8) is 0 Å². The predicted molar refractivity (Wildman–Crippen MR) is 169 cm³/mol. The maximum atomic E-state index is 13.7. The molecule has 2 amide bonds. The molecule has 0 saturated carbocycles. The van der Waals surface area contributed by atoms with Crippen molar-refractivity contribution >= 4 is 67.5 Å². The Morgan fingerprint density at radius 1 is 0.864 bits per heavy atom. The third-order valence-electron chi connectivity index (χ3n) is 7.21. The quantitative estimate of drug-likeness (QED) is 0.243. The number of nitrogens with zero attached hydrogens (tertiary/aromatic N) is 2. The molecule has 0 aliphatic carbocycles. The third-order valence-corrected chi connectivity index (χ3v) is 9.38. The number of fused-ring (bicyclic) bond motifs is 1. The Morgan fingerprint density at radius 2 is 1.50 bits per heavy atom. The van der Waals surface area contributed by atoms with Gasteiger partial charge in [0.25, 0.3) is 21.8 Å². The van der Waals surface area contributed by atoms with Crippen LogP contribution in [0.5, 0.6) is 0 Å². The van der Waals surface area contributed by atoms with Crippen LogP contribution in [-0.2, 0) is 21.4 Å². The van der Waals surface area contributed by atoms with E-state index in [9.17, 15) is 27.9 Å². The topological polar surface area (TPSA) is 136 Å². The zero-order valence-electron chi connectivity index (χ0n) is 23.3. The molecule has 4 aromatic carbocycles. The van der Waals surface area contributed by atoms with E-state index in [2.05, 4.69) is 10.6 Å². The molecule has 4 aromatic rings. The molecule has 13 heteroatoms. The maximum Gasteiger partial charge on any atom is 0.324 e. The standard InChI is InChI=1S/C31H28Cl2N4O6S/c32-21-15-22(33)17-23(16-21)44(42,43)37(19-29(38)39)28-10-4-7-25-26(28)8-3-9-27(25)30(40)35-18-20-5-1-2-6-24(20)31(41)36-13-11-34-12-14-36/h1-10,15-17,34H,11-14,18-19H2,(H,35,40)(H,38,39). The summed E-state index contributed by atoms with van der Waals surface area (Å²) in [7, 11) is -4.44. The number of piperazine rings is 1. The summed E-state index contributed by atoms with van der Waals surface area (Å²) in [6, 6.07) is 20.3. The van der Waals surface area contributed by atoms with Crippen LogP contribution in [0.3, 0.4) is 0 Å². The van der Waals surface area contributed by atoms with Gasteiger partial charge in [0.1, 0.15) is 6.54 Å². The van der Waals surface area contributed by atoms with E-state index in [1.165, 1.54) is 24.3 Å². The van der Waals surface area contributed by atoms with E-state index >= 15 is 0 Å². The van der Waals surface area contributed by atoms with Crippen LogP contribution in [0.25, 0.3) is 10.8 Å². The Hall–Kier alpha value is -4.16. The smallest absolute Gasteiger partial charge is 0.324 e. The second-order valence-electron chi connectivity index (χ2n) is 10.1. The van der Waals surface area contributed by atoms with E-state index in [1.54, 1.807) is 59.5 Å². The SMILES string of the molecule is O=C(O)CN(c1cccc2c(C(=O)NCc3ccccc3C(=O)N3CCNCC3)cccc12)S(=O)(=O)c1cc(Cl)cc(Cl)c1. The van der Waals surface area contributed by atoms with Gasteiger partial charge in [-0.1, -0.05) is 65.7 Å². The van der Waals surface area contributed by atoms with E-state index in [1.807, 2.05) is 0 Å². The number of carbonyl (C=O) groups excluding carboxylic acids is 2. The normalized spacial score (nSPS) is 13.5. The van der Waals surface area contributed by atoms with Crippen molar-refractivity contribution in [2.45, 2.75) is 11.4 Å². The van der Waals surface area contributed by atoms with Gasteiger partial charge < -0.3 is 20.6 Å². The molecule has 3 N–H and O–H groups in total. The molecule has 10 nitrogen and oxygen atoms in total. The fraction of sp³-hybridized carbons (Fsp3) is 0.194. The Morgan fingerprint density at radius 3 is 2.20 bits per heavy atom. The lowest BCUT2D eigenvalue weighted by Gasteiger charge is -2.28. The first-order valence-corrected chi connectivity index (χ1v) is 15.8. The zero-order chi connectivity index (χ0) is 31.4. The molecule has 44 heavy (non-hydrogen) atoms. The molecule has 0 unspecified atom stereocenters. The predicted octanol–water partition coefficient (Wildman–Crippen LogP) is 4.40. The molecule has 0 radical (unpaired) electrons. The van der Waals surface area contributed by atoms with Gasteiger partial charge in [-0.05, 0) is 47.3 Å². The van der Waals surface area contributed by atoms with Crippen molar-refractivity contribution in [1.29, 1.82) is 0 Å². The van der Waals surface area contributed by atoms with Crippen LogP contribution in [0, 0.1) is 0 Å². The minimum Gasteiger partial charge on any atom is -0.480 e. The number of hydrogen-bond donors (Lipinski definition) is 3. The minimum absolute atomic E-state index is 0.0580. The Labute approximate surface area is 264 Å². The van der Waals surface area contributed by atoms with Gasteiger partial charge in [0.2, 0.25) is 0 Å². The highest BCUT2D eigenvalue weighted by Crippen LogP contribution is 2.34. The number of carboxylic acids is 1. The van der Waals surface area contributed by atoms with E-state index < -0.39 is 28.4 Å². The van der Waals surface area contributed by atoms with Crippen molar-refractivity contribution in [2.24, 2.45) is 0 Å². The first-order chi connectivity index (χ1) is 21.1. The maximum absolute atomic E-state index is 13.7. The minimum atomic E-state index is -4.44. The van der Waals surface area contributed by atoms with Crippen LogP contribution in [0.1, 0.15) is 26.3 Å². The van der Waals surface area contributed by atoms with Crippen molar-refractivity contribution in [3.8, 4) is 0 Å². The molecule has 0 atom stereocenters. The summed E-state index contributed by atoms with van der Waals surface area (Å²) in [5, 5.41) is 16.6. The van der Waals surface area contributed by atoms with Gasteiger partial charge in [0, 0.05) is 59.3 Å². The highest BCUT2D eigenvalue weighted by Gasteiger charge is 2.30. The average molecular weight is 656 g/mol. The number of halogens is 2. The summed E-state index contributed by atoms with van der Waals surface area (Å²) in [6.45, 7) is 1.81. The number of carbonyl (C=O) groups is 3. The van der Waals surface area contributed by atoms with Gasteiger partial charge in [0.15, 0.2) is 0 Å². The molecular formula is C31H28Cl2N4O6S. The largest absolute Gasteiger partial charge is 0.480 e. The molecule has 1 aliphatic heterocycles. The lowest BCUT2D eigenvalue weighted by atomic mass is 10.0. The molecule has 0 bridgehead atoms. The lowest BCUT2D eigenvalue weighted by Crippen LogP contribution is -2.46. The highest BCUT2D eigenvalue weighted by atomic mass is 35.5. The van der Waals surface area contributed by atoms with Gasteiger partial charge in [0.05, 0.1) is 10.6 Å². The Kier molecular flexibility index (Phi) is 9.40. The van der Waals surface area contributed by atoms with Crippen LogP contribution < -0.4 is 14.9 Å². The van der Waals surface area contributed by atoms with Crippen molar-refractivity contribution < 1.29 is 27.9 Å². The van der Waals surface area contributed by atoms with Crippen LogP contribution >= 0.6 is 23.2 Å². The van der Waals surface area contributed by atoms with Crippen LogP contribution in [0.2, 0.25) is 10.0 Å². The van der Waals surface area contributed by atoms with Crippen molar-refractivity contribution in [3.05, 3.63) is 106 Å². The number of amides is 2. The molecule has 1 aliphatic rings. The number of rotatable bonds is 9. The number of sulfonamides is 1. The molecule has 1 saturated heterocycles. The second kappa shape index (κ2) is 13.2. The Bertz CT molecular complexity index is 1840. The summed E-state index contributed by atoms with van der Waals surface area (Å²) in [6.07, 6.45) is 0. The molecule has 0 spiro atoms. The summed E-state index contributed by atoms with van der Waals surface area (Å²) < 4.78 is 28.2. The van der Waals surface area contributed by atoms with Crippen molar-refractivity contribution in [2.75, 3.05) is 37.0 Å². The van der Waals surface area contributed by atoms with Gasteiger partial charge >= 0.3 is 5.97 Å². The van der Waals surface area contributed by atoms with Crippen molar-refractivity contribution in [1.82, 2.24) is 15.5 Å². The number of anilines is 1. The fourth-order valence-corrected chi connectivity index (χ4v) is 7.29. The van der Waals surface area contributed by atoms with Gasteiger partial charge in [-0.3, -0.25) is 18.7 Å². The second-order valence-corrected chi connectivity index (χ2v) is 12.8. The fourth-order valence-electron chi connectivity index (χ4n) is 5.13. The monoisotopic (exact) mass is 654 g/mol. The summed E-state index contributed by atoms with van der Waals surface area (Å²) in [5.41, 5.74) is 1.46. The summed E-state index contributed by atoms with van der Waals surface area (Å²) in [4.78, 5) is 40.0. The first kappa shape index (κ1) is 31.3. The van der Waals surface area contributed by atoms with Crippen LogP contribution in [0.4, 0.5) is 5.69 Å². The van der Waals surface area contributed by atoms with E-state index in [0.717, 1.165) is 4.31 Å². The number of carboxylic acid groups (broad SMARTS) is 1. The van der Waals surface area contributed by atoms with E-state index in [-0.39, 0.29) is 38.6 Å². The van der Waals surface area contributed by atoms with Gasteiger partial charge in [-0.25, -0.2) is 8.42 Å². The van der Waals surface area contributed by atoms with Gasteiger partial charge in [-0.2, -0.15) is 0 Å². The average Bonchev–Trinajstić information content (AvgIpc) is 3.01. The van der Waals surface area contributed by atoms with Crippen LogP contribution in [0.15, 0.2) is 83.8 Å². The van der Waals surface area contributed by atoms with E-state index in [4.69, 9.17) is 23.2 Å². The first-order valence-electron chi connectivity index (χ1n) is 13.6. The summed E-state index contributed by atoms with van der Waals surface area (Å²) in [5.74, 6) is -1.94. The van der Waals surface area contributed by atoms with Gasteiger partial charge in [-0.15, -0.1) is 0 Å². The molecule has 1 heterocycles. The van der Waals surface area contributed by atoms with Crippen LogP contribution in [-0.4, -0.2) is 68.9 Å². The number of hydrogen-bond acceptors (Lipinski definition) is 6.